The second-order valence-electron chi connectivity index (χ2n) is 13.3. The van der Waals surface area contributed by atoms with Gasteiger partial charge in [-0.15, -0.1) is 0 Å². The Morgan fingerprint density at radius 3 is 1.70 bits per heavy atom. The molecular formula is C34H39F9O. The average Bonchev–Trinajstić information content (AvgIpc) is 2.97. The molecule has 244 valence electrons. The molecule has 10 heteroatoms. The molecule has 0 saturated heterocycles. The molecule has 3 aliphatic rings. The summed E-state index contributed by atoms with van der Waals surface area (Å²) in [6, 6.07) is 5.93. The number of alkyl halides is 6. The van der Waals surface area contributed by atoms with Crippen molar-refractivity contribution in [3.05, 3.63) is 64.5 Å². The van der Waals surface area contributed by atoms with E-state index in [4.69, 9.17) is 0 Å². The van der Waals surface area contributed by atoms with Gasteiger partial charge in [0.05, 0.1) is 11.5 Å². The zero-order chi connectivity index (χ0) is 31.8. The van der Waals surface area contributed by atoms with Gasteiger partial charge in [0.1, 0.15) is 23.2 Å². The van der Waals surface area contributed by atoms with Crippen LogP contribution >= 0.6 is 0 Å². The SMILES string of the molecule is CC1CCC(c2ccc(C3CCC(C4CCC(C(F)(F)Oc5cc(F)c(C(F)(F)C(F)F)c(F)c5)CC4)CC3)c(F)c2)CC1. The lowest BCUT2D eigenvalue weighted by Gasteiger charge is -2.39. The number of hydrogen-bond donors (Lipinski definition) is 0. The Labute approximate surface area is 252 Å². The number of rotatable bonds is 8. The van der Waals surface area contributed by atoms with Crippen molar-refractivity contribution < 1.29 is 44.3 Å². The average molecular weight is 635 g/mol. The molecule has 0 bridgehead atoms. The maximum Gasteiger partial charge on any atom is 0.400 e. The maximum atomic E-state index is 15.2. The lowest BCUT2D eigenvalue weighted by Crippen LogP contribution is -2.38. The lowest BCUT2D eigenvalue weighted by atomic mass is 9.68. The minimum absolute atomic E-state index is 0.0828. The number of ether oxygens (including phenoxy) is 1. The van der Waals surface area contributed by atoms with Gasteiger partial charge in [0, 0.05) is 12.1 Å². The van der Waals surface area contributed by atoms with Crippen LogP contribution in [0.25, 0.3) is 0 Å². The van der Waals surface area contributed by atoms with Gasteiger partial charge >= 0.3 is 18.5 Å². The van der Waals surface area contributed by atoms with Gasteiger partial charge in [0.2, 0.25) is 0 Å². The summed E-state index contributed by atoms with van der Waals surface area (Å²) in [6.45, 7) is 2.26. The highest BCUT2D eigenvalue weighted by Crippen LogP contribution is 2.48. The summed E-state index contributed by atoms with van der Waals surface area (Å²) < 4.78 is 130. The third-order valence-corrected chi connectivity index (χ3v) is 10.5. The molecule has 0 aliphatic heterocycles. The van der Waals surface area contributed by atoms with Gasteiger partial charge in [-0.3, -0.25) is 0 Å². The summed E-state index contributed by atoms with van der Waals surface area (Å²) in [6.07, 6.45) is 0.946. The molecule has 3 saturated carbocycles. The lowest BCUT2D eigenvalue weighted by molar-refractivity contribution is -0.224. The quantitative estimate of drug-likeness (QED) is 0.263. The van der Waals surface area contributed by atoms with E-state index in [1.807, 2.05) is 6.07 Å². The van der Waals surface area contributed by atoms with Crippen LogP contribution in [0, 0.1) is 41.1 Å². The summed E-state index contributed by atoms with van der Waals surface area (Å²) in [7, 11) is 0. The first-order valence-corrected chi connectivity index (χ1v) is 15.8. The molecule has 0 atom stereocenters. The predicted octanol–water partition coefficient (Wildman–Crippen LogP) is 11.5. The Bertz CT molecular complexity index is 1250. The van der Waals surface area contributed by atoms with E-state index in [1.165, 1.54) is 12.8 Å². The van der Waals surface area contributed by atoms with E-state index in [0.717, 1.165) is 55.6 Å². The van der Waals surface area contributed by atoms with E-state index < -0.39 is 47.3 Å². The normalized spacial score (nSPS) is 28.7. The molecule has 0 spiro atoms. The molecule has 2 aromatic rings. The van der Waals surface area contributed by atoms with Crippen molar-refractivity contribution in [3.63, 3.8) is 0 Å². The van der Waals surface area contributed by atoms with E-state index in [0.29, 0.717) is 24.7 Å². The first-order valence-electron chi connectivity index (χ1n) is 15.8. The molecule has 0 radical (unpaired) electrons. The number of halogens is 9. The molecule has 0 aromatic heterocycles. The fourth-order valence-electron chi connectivity index (χ4n) is 7.83. The second kappa shape index (κ2) is 13.1. The summed E-state index contributed by atoms with van der Waals surface area (Å²) in [5.74, 6) is -9.91. The molecule has 3 aliphatic carbocycles. The van der Waals surface area contributed by atoms with E-state index in [-0.39, 0.29) is 42.6 Å². The number of benzene rings is 2. The highest BCUT2D eigenvalue weighted by atomic mass is 19.3. The largest absolute Gasteiger partial charge is 0.432 e. The van der Waals surface area contributed by atoms with Gasteiger partial charge in [-0.05, 0) is 111 Å². The Balaban J connectivity index is 1.12. The highest BCUT2D eigenvalue weighted by molar-refractivity contribution is 5.34. The van der Waals surface area contributed by atoms with Gasteiger partial charge in [0.25, 0.3) is 0 Å². The molecule has 0 unspecified atom stereocenters. The zero-order valence-corrected chi connectivity index (χ0v) is 24.7. The van der Waals surface area contributed by atoms with Crippen LogP contribution in [0.15, 0.2) is 30.3 Å². The van der Waals surface area contributed by atoms with Crippen LogP contribution in [0.2, 0.25) is 0 Å². The molecule has 2 aromatic carbocycles. The third-order valence-electron chi connectivity index (χ3n) is 10.5. The fourth-order valence-corrected chi connectivity index (χ4v) is 7.83. The van der Waals surface area contributed by atoms with Crippen LogP contribution in [0.4, 0.5) is 39.5 Å². The summed E-state index contributed by atoms with van der Waals surface area (Å²) >= 11 is 0. The molecule has 0 amide bonds. The standard InChI is InChI=1S/C34H39F9O/c1-19-2-4-22(5-3-19)24-12-15-27(28(35)16-24)23-8-6-20(7-9-23)21-10-13-25(14-11-21)34(42,43)44-26-17-29(36)31(30(37)18-26)33(40,41)32(38)39/h12,15-23,25,32H,2-11,13-14H2,1H3. The topological polar surface area (TPSA) is 9.23 Å². The van der Waals surface area contributed by atoms with Gasteiger partial charge in [-0.2, -0.15) is 17.6 Å². The molecular weight excluding hydrogens is 595 g/mol. The van der Waals surface area contributed by atoms with E-state index >= 15 is 4.39 Å². The highest BCUT2D eigenvalue weighted by Gasteiger charge is 2.49. The van der Waals surface area contributed by atoms with Crippen LogP contribution in [-0.4, -0.2) is 12.5 Å². The van der Waals surface area contributed by atoms with E-state index in [9.17, 15) is 35.1 Å². The molecule has 0 heterocycles. The van der Waals surface area contributed by atoms with Gasteiger partial charge < -0.3 is 4.74 Å². The van der Waals surface area contributed by atoms with Crippen LogP contribution in [-0.2, 0) is 5.92 Å². The van der Waals surface area contributed by atoms with Crippen molar-refractivity contribution in [3.8, 4) is 5.75 Å². The molecule has 3 fully saturated rings. The smallest absolute Gasteiger partial charge is 0.400 e. The Morgan fingerprint density at radius 2 is 1.18 bits per heavy atom. The Kier molecular flexibility index (Phi) is 9.86. The number of hydrogen-bond acceptors (Lipinski definition) is 1. The van der Waals surface area contributed by atoms with Crippen LogP contribution in [0.3, 0.4) is 0 Å². The van der Waals surface area contributed by atoms with Crippen molar-refractivity contribution in [2.45, 2.75) is 114 Å². The van der Waals surface area contributed by atoms with Crippen molar-refractivity contribution in [2.75, 3.05) is 0 Å². The van der Waals surface area contributed by atoms with Crippen LogP contribution in [0.1, 0.15) is 112 Å². The maximum absolute atomic E-state index is 15.2. The van der Waals surface area contributed by atoms with E-state index in [1.54, 1.807) is 6.07 Å². The van der Waals surface area contributed by atoms with Gasteiger partial charge in [-0.25, -0.2) is 22.0 Å². The Hall–Kier alpha value is -2.39. The zero-order valence-electron chi connectivity index (χ0n) is 24.7. The first kappa shape index (κ1) is 33.0. The van der Waals surface area contributed by atoms with Crippen LogP contribution < -0.4 is 4.74 Å². The van der Waals surface area contributed by atoms with Crippen LogP contribution in [0.5, 0.6) is 5.75 Å². The van der Waals surface area contributed by atoms with Crippen molar-refractivity contribution in [1.29, 1.82) is 0 Å². The Morgan fingerprint density at radius 1 is 0.659 bits per heavy atom. The predicted molar refractivity (Wildman–Crippen MR) is 149 cm³/mol. The molecule has 1 nitrogen and oxygen atoms in total. The minimum atomic E-state index is -5.13. The fraction of sp³-hybridized carbons (Fsp3) is 0.647. The van der Waals surface area contributed by atoms with Crippen molar-refractivity contribution in [2.24, 2.45) is 23.7 Å². The molecule has 5 rings (SSSR count). The van der Waals surface area contributed by atoms with Crippen molar-refractivity contribution in [1.82, 2.24) is 0 Å². The van der Waals surface area contributed by atoms with Crippen molar-refractivity contribution >= 4 is 0 Å². The summed E-state index contributed by atoms with van der Waals surface area (Å²) in [4.78, 5) is 0. The minimum Gasteiger partial charge on any atom is -0.432 e. The molecule has 44 heavy (non-hydrogen) atoms. The summed E-state index contributed by atoms with van der Waals surface area (Å²) in [5, 5.41) is 0. The third kappa shape index (κ3) is 7.04. The van der Waals surface area contributed by atoms with Gasteiger partial charge in [-0.1, -0.05) is 31.9 Å². The van der Waals surface area contributed by atoms with E-state index in [2.05, 4.69) is 17.7 Å². The second-order valence-corrected chi connectivity index (χ2v) is 13.3. The first-order chi connectivity index (χ1) is 20.8. The molecule has 0 N–H and O–H groups in total. The summed E-state index contributed by atoms with van der Waals surface area (Å²) in [5.41, 5.74) is -0.340. The monoisotopic (exact) mass is 634 g/mol. The van der Waals surface area contributed by atoms with Gasteiger partial charge in [0.15, 0.2) is 0 Å².